The van der Waals surface area contributed by atoms with Crippen molar-refractivity contribution in [1.82, 2.24) is 19.9 Å². The highest BCUT2D eigenvalue weighted by Gasteiger charge is 2.30. The van der Waals surface area contributed by atoms with E-state index in [4.69, 9.17) is 0 Å². The van der Waals surface area contributed by atoms with Gasteiger partial charge >= 0.3 is 0 Å². The first-order valence-electron chi connectivity index (χ1n) is 7.70. The monoisotopic (exact) mass is 271 g/mol. The lowest BCUT2D eigenvalue weighted by molar-refractivity contribution is 0.327. The number of pyridine rings is 1. The first-order valence-corrected chi connectivity index (χ1v) is 7.70. The summed E-state index contributed by atoms with van der Waals surface area (Å²) in [6.45, 7) is 3.36. The zero-order valence-electron chi connectivity index (χ0n) is 11.7. The smallest absolute Gasteiger partial charge is 0.245 e. The number of rotatable bonds is 2. The van der Waals surface area contributed by atoms with Crippen LogP contribution in [0.2, 0.25) is 0 Å². The number of hydrogen-bond acceptors (Lipinski definition) is 4. The molecule has 0 bridgehead atoms. The molecular formula is C15H21N5. The lowest BCUT2D eigenvalue weighted by Gasteiger charge is -2.35. The van der Waals surface area contributed by atoms with E-state index in [1.54, 1.807) is 0 Å². The number of hydrogen-bond donors (Lipinski definition) is 1. The summed E-state index contributed by atoms with van der Waals surface area (Å²) < 4.78 is 1.87. The average molecular weight is 271 g/mol. The van der Waals surface area contributed by atoms with Crippen molar-refractivity contribution in [2.75, 3.05) is 24.5 Å². The largest absolute Gasteiger partial charge is 0.339 e. The maximum Gasteiger partial charge on any atom is 0.245 e. The Hall–Kier alpha value is -1.62. The second-order valence-electron chi connectivity index (χ2n) is 5.97. The molecule has 2 saturated heterocycles. The minimum atomic E-state index is 0.704. The Bertz CT molecular complexity index is 554. The molecule has 5 nitrogen and oxygen atoms in total. The van der Waals surface area contributed by atoms with E-state index in [-0.39, 0.29) is 0 Å². The van der Waals surface area contributed by atoms with Gasteiger partial charge in [-0.3, -0.25) is 0 Å². The standard InChI is InChI=1S/C15H21N5/c1-2-10-20-14(7-1)17-15(18-20)19-9-4-5-12(11-19)13-6-3-8-16-13/h1-2,7,10,12-13,16H,3-6,8-9,11H2. The SMILES string of the molecule is c1ccn2nc(N3CCCC(C4CCCN4)C3)nc2c1. The Kier molecular flexibility index (Phi) is 3.07. The molecule has 2 unspecified atom stereocenters. The van der Waals surface area contributed by atoms with Crippen molar-refractivity contribution in [3.63, 3.8) is 0 Å². The molecule has 0 aliphatic carbocycles. The first kappa shape index (κ1) is 12.1. The summed E-state index contributed by atoms with van der Waals surface area (Å²) in [7, 11) is 0. The lowest BCUT2D eigenvalue weighted by Crippen LogP contribution is -2.44. The van der Waals surface area contributed by atoms with E-state index in [1.165, 1.54) is 32.2 Å². The van der Waals surface area contributed by atoms with E-state index >= 15 is 0 Å². The van der Waals surface area contributed by atoms with E-state index < -0.39 is 0 Å². The van der Waals surface area contributed by atoms with Crippen molar-refractivity contribution < 1.29 is 0 Å². The first-order chi connectivity index (χ1) is 9.90. The molecule has 106 valence electrons. The van der Waals surface area contributed by atoms with Crippen LogP contribution in [0.1, 0.15) is 25.7 Å². The van der Waals surface area contributed by atoms with Crippen molar-refractivity contribution in [1.29, 1.82) is 0 Å². The van der Waals surface area contributed by atoms with Gasteiger partial charge in [-0.1, -0.05) is 6.07 Å². The van der Waals surface area contributed by atoms with E-state index in [0.29, 0.717) is 6.04 Å². The van der Waals surface area contributed by atoms with E-state index in [2.05, 4.69) is 20.3 Å². The minimum absolute atomic E-state index is 0.704. The second kappa shape index (κ2) is 5.05. The van der Waals surface area contributed by atoms with Gasteiger partial charge in [0, 0.05) is 25.3 Å². The van der Waals surface area contributed by atoms with Crippen LogP contribution in [-0.4, -0.2) is 40.3 Å². The van der Waals surface area contributed by atoms with Gasteiger partial charge in [0.25, 0.3) is 0 Å². The van der Waals surface area contributed by atoms with Gasteiger partial charge in [-0.05, 0) is 50.3 Å². The van der Waals surface area contributed by atoms with Crippen LogP contribution in [0.4, 0.5) is 5.95 Å². The molecule has 5 heteroatoms. The molecule has 2 aromatic heterocycles. The maximum atomic E-state index is 4.65. The fourth-order valence-corrected chi connectivity index (χ4v) is 3.59. The minimum Gasteiger partial charge on any atom is -0.339 e. The molecule has 0 aromatic carbocycles. The zero-order chi connectivity index (χ0) is 13.4. The second-order valence-corrected chi connectivity index (χ2v) is 5.97. The molecule has 2 aromatic rings. The number of nitrogens with zero attached hydrogens (tertiary/aromatic N) is 4. The average Bonchev–Trinajstić information content (AvgIpc) is 3.16. The van der Waals surface area contributed by atoms with Crippen molar-refractivity contribution in [2.45, 2.75) is 31.7 Å². The summed E-state index contributed by atoms with van der Waals surface area (Å²) in [4.78, 5) is 7.02. The number of fused-ring (bicyclic) bond motifs is 1. The van der Waals surface area contributed by atoms with Crippen LogP contribution in [0.25, 0.3) is 5.65 Å². The number of piperidine rings is 1. The van der Waals surface area contributed by atoms with E-state index in [9.17, 15) is 0 Å². The van der Waals surface area contributed by atoms with Crippen LogP contribution >= 0.6 is 0 Å². The van der Waals surface area contributed by atoms with Crippen LogP contribution in [0.15, 0.2) is 24.4 Å². The molecule has 0 saturated carbocycles. The summed E-state index contributed by atoms with van der Waals surface area (Å²) >= 11 is 0. The Morgan fingerprint density at radius 2 is 2.20 bits per heavy atom. The number of aromatic nitrogens is 3. The Labute approximate surface area is 119 Å². The third-order valence-electron chi connectivity index (χ3n) is 4.64. The molecule has 0 radical (unpaired) electrons. The van der Waals surface area contributed by atoms with Gasteiger partial charge < -0.3 is 10.2 Å². The highest BCUT2D eigenvalue weighted by Crippen LogP contribution is 2.26. The molecular weight excluding hydrogens is 250 g/mol. The summed E-state index contributed by atoms with van der Waals surface area (Å²) in [5, 5.41) is 8.26. The Morgan fingerprint density at radius 3 is 3.05 bits per heavy atom. The summed E-state index contributed by atoms with van der Waals surface area (Å²) in [6, 6.07) is 6.72. The molecule has 1 N–H and O–H groups in total. The Morgan fingerprint density at radius 1 is 1.20 bits per heavy atom. The molecule has 20 heavy (non-hydrogen) atoms. The molecule has 2 atom stereocenters. The zero-order valence-corrected chi connectivity index (χ0v) is 11.7. The highest BCUT2D eigenvalue weighted by atomic mass is 15.4. The molecule has 4 rings (SSSR count). The predicted molar refractivity (Wildman–Crippen MR) is 78.9 cm³/mol. The summed E-state index contributed by atoms with van der Waals surface area (Å²) in [6.07, 6.45) is 7.20. The van der Waals surface area contributed by atoms with Crippen LogP contribution in [-0.2, 0) is 0 Å². The van der Waals surface area contributed by atoms with Gasteiger partial charge in [0.05, 0.1) is 0 Å². The van der Waals surface area contributed by atoms with E-state index in [0.717, 1.165) is 30.6 Å². The van der Waals surface area contributed by atoms with Crippen molar-refractivity contribution in [3.05, 3.63) is 24.4 Å². The molecule has 2 fully saturated rings. The maximum absolute atomic E-state index is 4.65. The molecule has 2 aliphatic rings. The third kappa shape index (κ3) is 2.16. The van der Waals surface area contributed by atoms with Gasteiger partial charge in [0.2, 0.25) is 5.95 Å². The molecule has 4 heterocycles. The van der Waals surface area contributed by atoms with Crippen LogP contribution in [0, 0.1) is 5.92 Å². The van der Waals surface area contributed by atoms with Crippen LogP contribution in [0.5, 0.6) is 0 Å². The van der Waals surface area contributed by atoms with E-state index in [1.807, 2.05) is 28.9 Å². The van der Waals surface area contributed by atoms with Crippen molar-refractivity contribution >= 4 is 11.6 Å². The van der Waals surface area contributed by atoms with Crippen molar-refractivity contribution in [3.8, 4) is 0 Å². The fraction of sp³-hybridized carbons (Fsp3) is 0.600. The van der Waals surface area contributed by atoms with Crippen LogP contribution < -0.4 is 10.2 Å². The van der Waals surface area contributed by atoms with Crippen molar-refractivity contribution in [2.24, 2.45) is 5.92 Å². The third-order valence-corrected chi connectivity index (χ3v) is 4.64. The predicted octanol–water partition coefficient (Wildman–Crippen LogP) is 1.70. The summed E-state index contributed by atoms with van der Waals surface area (Å²) in [5.74, 6) is 1.64. The summed E-state index contributed by atoms with van der Waals surface area (Å²) in [5.41, 5.74) is 0.934. The lowest BCUT2D eigenvalue weighted by atomic mass is 9.90. The molecule has 0 amide bonds. The fourth-order valence-electron chi connectivity index (χ4n) is 3.59. The van der Waals surface area contributed by atoms with Crippen LogP contribution in [0.3, 0.4) is 0 Å². The molecule has 0 spiro atoms. The molecule has 2 aliphatic heterocycles. The quantitative estimate of drug-likeness (QED) is 0.903. The Balaban J connectivity index is 1.54. The van der Waals surface area contributed by atoms with Gasteiger partial charge in [0.15, 0.2) is 5.65 Å². The topological polar surface area (TPSA) is 45.5 Å². The van der Waals surface area contributed by atoms with Gasteiger partial charge in [0.1, 0.15) is 0 Å². The van der Waals surface area contributed by atoms with Gasteiger partial charge in [-0.25, -0.2) is 4.52 Å². The number of nitrogens with one attached hydrogen (secondary N) is 1. The van der Waals surface area contributed by atoms with Gasteiger partial charge in [-0.15, -0.1) is 5.10 Å². The highest BCUT2D eigenvalue weighted by molar-refractivity contribution is 5.44. The normalized spacial score (nSPS) is 27.3. The van der Waals surface area contributed by atoms with Gasteiger partial charge in [-0.2, -0.15) is 4.98 Å². The number of anilines is 1.